The average Bonchev–Trinajstić information content (AvgIpc) is 2.04. The molecule has 1 aromatic heterocycles. The molecule has 0 atom stereocenters. The molecule has 0 saturated heterocycles. The molecular formula is C9H7ClN2O. The van der Waals surface area contributed by atoms with Crippen molar-refractivity contribution < 1.29 is 4.79 Å². The lowest BCUT2D eigenvalue weighted by Crippen LogP contribution is -2.11. The van der Waals surface area contributed by atoms with Gasteiger partial charge in [-0.3, -0.25) is 4.79 Å². The van der Waals surface area contributed by atoms with Crippen molar-refractivity contribution in [3.05, 3.63) is 23.4 Å². The average molecular weight is 195 g/mol. The normalized spacial score (nSPS) is 8.92. The van der Waals surface area contributed by atoms with Crippen molar-refractivity contribution in [2.24, 2.45) is 0 Å². The molecule has 0 aliphatic rings. The number of hydrogen-bond acceptors (Lipinski definition) is 2. The second kappa shape index (κ2) is 4.48. The third kappa shape index (κ3) is 3.14. The fourth-order valence-corrected chi connectivity index (χ4v) is 0.921. The zero-order valence-electron chi connectivity index (χ0n) is 6.75. The van der Waals surface area contributed by atoms with Crippen molar-refractivity contribution in [1.82, 2.24) is 4.98 Å². The van der Waals surface area contributed by atoms with Crippen LogP contribution in [0, 0.1) is 12.3 Å². The van der Waals surface area contributed by atoms with Crippen LogP contribution in [-0.4, -0.2) is 10.9 Å². The highest BCUT2D eigenvalue weighted by atomic mass is 35.5. The fraction of sp³-hybridized carbons (Fsp3) is 0.111. The number of nitrogens with zero attached hydrogens (tertiary/aromatic N) is 1. The number of amides is 1. The highest BCUT2D eigenvalue weighted by Gasteiger charge is 2.00. The number of aromatic nitrogens is 1. The van der Waals surface area contributed by atoms with Gasteiger partial charge >= 0.3 is 0 Å². The Labute approximate surface area is 81.1 Å². The summed E-state index contributed by atoms with van der Waals surface area (Å²) in [5.41, 5.74) is 0. The van der Waals surface area contributed by atoms with E-state index in [1.807, 2.05) is 0 Å². The maximum Gasteiger partial charge on any atom is 0.237 e. The summed E-state index contributed by atoms with van der Waals surface area (Å²) in [5, 5.41) is 2.84. The number of nitrogens with one attached hydrogen (secondary N) is 1. The van der Waals surface area contributed by atoms with Gasteiger partial charge in [-0.15, -0.1) is 6.42 Å². The molecule has 0 saturated carbocycles. The molecule has 0 fully saturated rings. The largest absolute Gasteiger partial charge is 0.310 e. The molecule has 0 bridgehead atoms. The third-order valence-corrected chi connectivity index (χ3v) is 1.46. The Bertz CT molecular complexity index is 357. The van der Waals surface area contributed by atoms with Crippen molar-refractivity contribution in [2.75, 3.05) is 5.32 Å². The summed E-state index contributed by atoms with van der Waals surface area (Å²) in [7, 11) is 0. The summed E-state index contributed by atoms with van der Waals surface area (Å²) < 4.78 is 0. The highest BCUT2D eigenvalue weighted by Crippen LogP contribution is 2.08. The topological polar surface area (TPSA) is 42.0 Å². The van der Waals surface area contributed by atoms with Gasteiger partial charge in [-0.1, -0.05) is 23.6 Å². The molecule has 1 rings (SSSR count). The van der Waals surface area contributed by atoms with E-state index in [1.54, 1.807) is 18.2 Å². The van der Waals surface area contributed by atoms with E-state index in [1.165, 1.54) is 0 Å². The van der Waals surface area contributed by atoms with Crippen molar-refractivity contribution in [1.29, 1.82) is 0 Å². The molecule has 66 valence electrons. The van der Waals surface area contributed by atoms with Crippen LogP contribution in [0.3, 0.4) is 0 Å². The minimum atomic E-state index is -0.266. The summed E-state index contributed by atoms with van der Waals surface area (Å²) in [6.45, 7) is 0. The first-order chi connectivity index (χ1) is 6.22. The number of halogens is 1. The second-order valence-electron chi connectivity index (χ2n) is 2.27. The number of hydrogen-bond donors (Lipinski definition) is 1. The van der Waals surface area contributed by atoms with Gasteiger partial charge in [-0.2, -0.15) is 0 Å². The van der Waals surface area contributed by atoms with E-state index in [0.717, 1.165) is 0 Å². The van der Waals surface area contributed by atoms with Gasteiger partial charge in [-0.25, -0.2) is 4.98 Å². The van der Waals surface area contributed by atoms with Gasteiger partial charge in [0.15, 0.2) is 0 Å². The Balaban J connectivity index is 2.65. The third-order valence-electron chi connectivity index (χ3n) is 1.25. The van der Waals surface area contributed by atoms with E-state index in [0.29, 0.717) is 11.0 Å². The molecule has 1 amide bonds. The van der Waals surface area contributed by atoms with Crippen molar-refractivity contribution in [2.45, 2.75) is 6.42 Å². The van der Waals surface area contributed by atoms with Crippen molar-refractivity contribution in [3.8, 4) is 12.3 Å². The number of pyridine rings is 1. The van der Waals surface area contributed by atoms with Gasteiger partial charge in [0.25, 0.3) is 0 Å². The fourth-order valence-electron chi connectivity index (χ4n) is 0.758. The quantitative estimate of drug-likeness (QED) is 0.575. The lowest BCUT2D eigenvalue weighted by molar-refractivity contribution is -0.115. The van der Waals surface area contributed by atoms with E-state index in [4.69, 9.17) is 18.0 Å². The number of anilines is 1. The Morgan fingerprint density at radius 2 is 2.46 bits per heavy atom. The van der Waals surface area contributed by atoms with E-state index in [2.05, 4.69) is 16.2 Å². The van der Waals surface area contributed by atoms with Crippen molar-refractivity contribution in [3.63, 3.8) is 0 Å². The second-order valence-corrected chi connectivity index (χ2v) is 2.66. The number of carbonyl (C=O) groups excluding carboxylic acids is 1. The molecule has 0 spiro atoms. The summed E-state index contributed by atoms with van der Waals surface area (Å²) in [6.07, 6.45) is 4.99. The Morgan fingerprint density at radius 1 is 1.69 bits per heavy atom. The molecule has 13 heavy (non-hydrogen) atoms. The number of terminal acetylenes is 1. The van der Waals surface area contributed by atoms with Crippen LogP contribution in [0.5, 0.6) is 0 Å². The lowest BCUT2D eigenvalue weighted by atomic mass is 10.4. The molecule has 0 aromatic carbocycles. The summed E-state index contributed by atoms with van der Waals surface area (Å²) in [4.78, 5) is 14.8. The van der Waals surface area contributed by atoms with E-state index in [-0.39, 0.29) is 12.3 Å². The first kappa shape index (κ1) is 9.56. The molecule has 4 heteroatoms. The zero-order chi connectivity index (χ0) is 9.68. The standard InChI is InChI=1S/C9H7ClN2O/c1-2-4-9(13)12-8-6-3-5-7(10)11-8/h1,3,5-6H,4H2,(H,11,12,13). The Morgan fingerprint density at radius 3 is 3.08 bits per heavy atom. The summed E-state index contributed by atoms with van der Waals surface area (Å²) >= 11 is 5.60. The molecule has 0 aliphatic heterocycles. The Hall–Kier alpha value is -1.53. The van der Waals surface area contributed by atoms with Gasteiger partial charge in [0, 0.05) is 0 Å². The summed E-state index contributed by atoms with van der Waals surface area (Å²) in [6, 6.07) is 4.96. The first-order valence-corrected chi connectivity index (χ1v) is 3.96. The monoisotopic (exact) mass is 194 g/mol. The molecular weight excluding hydrogens is 188 g/mol. The van der Waals surface area contributed by atoms with Crippen LogP contribution in [0.2, 0.25) is 5.15 Å². The molecule has 0 unspecified atom stereocenters. The number of rotatable bonds is 2. The van der Waals surface area contributed by atoms with Crippen LogP contribution >= 0.6 is 11.6 Å². The Kier molecular flexibility index (Phi) is 3.30. The molecule has 0 radical (unpaired) electrons. The van der Waals surface area contributed by atoms with Crippen LogP contribution in [0.25, 0.3) is 0 Å². The minimum absolute atomic E-state index is 0.0359. The molecule has 3 nitrogen and oxygen atoms in total. The summed E-state index contributed by atoms with van der Waals surface area (Å²) in [5.74, 6) is 2.37. The highest BCUT2D eigenvalue weighted by molar-refractivity contribution is 6.29. The van der Waals surface area contributed by atoms with E-state index in [9.17, 15) is 4.79 Å². The van der Waals surface area contributed by atoms with Crippen LogP contribution in [0.1, 0.15) is 6.42 Å². The molecule has 1 N–H and O–H groups in total. The van der Waals surface area contributed by atoms with Crippen LogP contribution in [0.4, 0.5) is 5.82 Å². The molecule has 1 aromatic rings. The van der Waals surface area contributed by atoms with Gasteiger partial charge in [0.1, 0.15) is 11.0 Å². The molecule has 0 aliphatic carbocycles. The molecule has 1 heterocycles. The van der Waals surface area contributed by atoms with E-state index >= 15 is 0 Å². The van der Waals surface area contributed by atoms with E-state index < -0.39 is 0 Å². The SMILES string of the molecule is C#CCC(=O)Nc1cccc(Cl)n1. The van der Waals surface area contributed by atoms with Crippen LogP contribution in [0.15, 0.2) is 18.2 Å². The maximum absolute atomic E-state index is 11.0. The predicted molar refractivity (Wildman–Crippen MR) is 51.3 cm³/mol. The first-order valence-electron chi connectivity index (χ1n) is 3.58. The predicted octanol–water partition coefficient (Wildman–Crippen LogP) is 1.70. The van der Waals surface area contributed by atoms with Crippen molar-refractivity contribution >= 4 is 23.3 Å². The van der Waals surface area contributed by atoms with Gasteiger partial charge in [0.05, 0.1) is 6.42 Å². The van der Waals surface area contributed by atoms with Gasteiger partial charge in [-0.05, 0) is 12.1 Å². The van der Waals surface area contributed by atoms with Crippen LogP contribution in [-0.2, 0) is 4.79 Å². The van der Waals surface area contributed by atoms with Gasteiger partial charge in [0.2, 0.25) is 5.91 Å². The maximum atomic E-state index is 11.0. The van der Waals surface area contributed by atoms with Crippen LogP contribution < -0.4 is 5.32 Å². The van der Waals surface area contributed by atoms with Gasteiger partial charge < -0.3 is 5.32 Å². The minimum Gasteiger partial charge on any atom is -0.310 e. The zero-order valence-corrected chi connectivity index (χ0v) is 7.51. The smallest absolute Gasteiger partial charge is 0.237 e. The number of carbonyl (C=O) groups is 1. The lowest BCUT2D eigenvalue weighted by Gasteiger charge is -2.00.